The zero-order valence-corrected chi connectivity index (χ0v) is 13.8. The molecule has 0 fully saturated rings. The summed E-state index contributed by atoms with van der Waals surface area (Å²) in [6, 6.07) is 16.3. The van der Waals surface area contributed by atoms with Gasteiger partial charge < -0.3 is 10.3 Å². The van der Waals surface area contributed by atoms with Crippen molar-refractivity contribution in [2.45, 2.75) is 12.8 Å². The van der Waals surface area contributed by atoms with Gasteiger partial charge in [-0.15, -0.1) is 0 Å². The van der Waals surface area contributed by atoms with Crippen molar-refractivity contribution in [3.05, 3.63) is 65.4 Å². The maximum absolute atomic E-state index is 6.10. The zero-order chi connectivity index (χ0) is 16.4. The second-order valence-electron chi connectivity index (χ2n) is 5.78. The Labute approximate surface area is 144 Å². The Kier molecular flexibility index (Phi) is 4.05. The third-order valence-corrected chi connectivity index (χ3v) is 4.36. The lowest BCUT2D eigenvalue weighted by Gasteiger charge is -2.06. The number of aromatic nitrogens is 3. The molecular formula is C19H17ClN4. The van der Waals surface area contributed by atoms with Gasteiger partial charge in [-0.1, -0.05) is 41.9 Å². The Balaban J connectivity index is 1.53. The van der Waals surface area contributed by atoms with Crippen LogP contribution in [0.15, 0.2) is 54.9 Å². The van der Waals surface area contributed by atoms with Crippen LogP contribution in [0.3, 0.4) is 0 Å². The van der Waals surface area contributed by atoms with E-state index in [1.165, 1.54) is 5.56 Å². The van der Waals surface area contributed by atoms with Gasteiger partial charge in [0.15, 0.2) is 5.82 Å². The van der Waals surface area contributed by atoms with Gasteiger partial charge in [0.05, 0.1) is 0 Å². The summed E-state index contributed by atoms with van der Waals surface area (Å²) in [6.07, 6.45) is 3.68. The largest absolute Gasteiger partial charge is 0.368 e. The van der Waals surface area contributed by atoms with Crippen LogP contribution in [0, 0.1) is 0 Å². The first kappa shape index (κ1) is 15.0. The number of aryl methyl sites for hydroxylation is 1. The van der Waals surface area contributed by atoms with E-state index >= 15 is 0 Å². The van der Waals surface area contributed by atoms with Gasteiger partial charge in [0, 0.05) is 22.5 Å². The van der Waals surface area contributed by atoms with Crippen LogP contribution < -0.4 is 5.32 Å². The topological polar surface area (TPSA) is 53.6 Å². The molecule has 0 unspecified atom stereocenters. The van der Waals surface area contributed by atoms with Crippen molar-refractivity contribution in [3.8, 4) is 0 Å². The van der Waals surface area contributed by atoms with Crippen LogP contribution in [0.25, 0.3) is 21.9 Å². The number of H-pyrrole nitrogens is 1. The van der Waals surface area contributed by atoms with Crippen molar-refractivity contribution >= 4 is 39.4 Å². The first-order valence-electron chi connectivity index (χ1n) is 8.01. The van der Waals surface area contributed by atoms with E-state index in [1.54, 1.807) is 6.33 Å². The molecular weight excluding hydrogens is 320 g/mol. The first-order chi connectivity index (χ1) is 11.8. The summed E-state index contributed by atoms with van der Waals surface area (Å²) in [7, 11) is 0. The van der Waals surface area contributed by atoms with E-state index in [-0.39, 0.29) is 0 Å². The van der Waals surface area contributed by atoms with Gasteiger partial charge in [0.25, 0.3) is 0 Å². The number of halogens is 1. The molecule has 0 saturated heterocycles. The lowest BCUT2D eigenvalue weighted by atomic mass is 10.1. The molecule has 0 saturated carbocycles. The highest BCUT2D eigenvalue weighted by Crippen LogP contribution is 2.29. The van der Waals surface area contributed by atoms with E-state index in [9.17, 15) is 0 Å². The summed E-state index contributed by atoms with van der Waals surface area (Å²) < 4.78 is 0. The lowest BCUT2D eigenvalue weighted by molar-refractivity contribution is 0.859. The number of hydrogen-bond acceptors (Lipinski definition) is 3. The number of hydrogen-bond donors (Lipinski definition) is 2. The number of nitrogens with zero attached hydrogens (tertiary/aromatic N) is 2. The Morgan fingerprint density at radius 2 is 1.92 bits per heavy atom. The molecule has 0 bridgehead atoms. The second kappa shape index (κ2) is 6.49. The third-order valence-electron chi connectivity index (χ3n) is 4.12. The monoisotopic (exact) mass is 336 g/mol. The van der Waals surface area contributed by atoms with E-state index in [4.69, 9.17) is 11.6 Å². The molecule has 0 radical (unpaired) electrons. The fourth-order valence-corrected chi connectivity index (χ4v) is 3.11. The summed E-state index contributed by atoms with van der Waals surface area (Å²) in [5.74, 6) is 0.834. The number of fused-ring (bicyclic) bond motifs is 3. The normalized spacial score (nSPS) is 11.2. The second-order valence-corrected chi connectivity index (χ2v) is 6.21. The number of aromatic amines is 1. The van der Waals surface area contributed by atoms with E-state index in [0.29, 0.717) is 5.02 Å². The molecule has 0 atom stereocenters. The maximum atomic E-state index is 6.10. The molecule has 4 nitrogen and oxygen atoms in total. The number of anilines is 1. The Morgan fingerprint density at radius 1 is 1.04 bits per heavy atom. The molecule has 0 aliphatic heterocycles. The maximum Gasteiger partial charge on any atom is 0.153 e. The molecule has 4 rings (SSSR count). The van der Waals surface area contributed by atoms with E-state index in [2.05, 4.69) is 44.5 Å². The van der Waals surface area contributed by atoms with E-state index < -0.39 is 0 Å². The predicted octanol–water partition coefficient (Wildman–Crippen LogP) is 4.81. The minimum Gasteiger partial charge on any atom is -0.368 e. The van der Waals surface area contributed by atoms with Crippen molar-refractivity contribution in [2.24, 2.45) is 0 Å². The summed E-state index contributed by atoms with van der Waals surface area (Å²) in [4.78, 5) is 12.2. The van der Waals surface area contributed by atoms with Gasteiger partial charge in [-0.05, 0) is 36.6 Å². The smallest absolute Gasteiger partial charge is 0.153 e. The van der Waals surface area contributed by atoms with Crippen LogP contribution in [-0.4, -0.2) is 21.5 Å². The molecule has 5 heteroatoms. The minimum atomic E-state index is 0.708. The summed E-state index contributed by atoms with van der Waals surface area (Å²) in [6.45, 7) is 0.858. The molecule has 120 valence electrons. The standard InChI is InChI=1S/C19H17ClN4/c20-14-8-9-16-15(11-14)17-18(24-16)19(23-12-22-17)21-10-4-7-13-5-2-1-3-6-13/h1-3,5-6,8-9,11-12,24H,4,7,10H2,(H,21,22,23). The number of nitrogens with one attached hydrogen (secondary N) is 2. The van der Waals surface area contributed by atoms with Gasteiger partial charge in [-0.3, -0.25) is 0 Å². The van der Waals surface area contributed by atoms with E-state index in [1.807, 2.05) is 24.3 Å². The summed E-state index contributed by atoms with van der Waals surface area (Å²) >= 11 is 6.10. The van der Waals surface area contributed by atoms with Gasteiger partial charge >= 0.3 is 0 Å². The van der Waals surface area contributed by atoms with Gasteiger partial charge in [0.2, 0.25) is 0 Å². The van der Waals surface area contributed by atoms with Crippen molar-refractivity contribution in [3.63, 3.8) is 0 Å². The molecule has 24 heavy (non-hydrogen) atoms. The Hall–Kier alpha value is -2.59. The summed E-state index contributed by atoms with van der Waals surface area (Å²) in [5.41, 5.74) is 4.19. The molecule has 0 spiro atoms. The fourth-order valence-electron chi connectivity index (χ4n) is 2.94. The van der Waals surface area contributed by atoms with Crippen molar-refractivity contribution in [1.29, 1.82) is 0 Å². The van der Waals surface area contributed by atoms with E-state index in [0.717, 1.165) is 47.1 Å². The molecule has 0 aliphatic carbocycles. The molecule has 0 aliphatic rings. The van der Waals surface area contributed by atoms with Crippen LogP contribution in [0.1, 0.15) is 12.0 Å². The zero-order valence-electron chi connectivity index (χ0n) is 13.1. The highest BCUT2D eigenvalue weighted by molar-refractivity contribution is 6.31. The van der Waals surface area contributed by atoms with Gasteiger partial charge in [-0.2, -0.15) is 0 Å². The van der Waals surface area contributed by atoms with Crippen LogP contribution in [0.5, 0.6) is 0 Å². The predicted molar refractivity (Wildman–Crippen MR) is 99.7 cm³/mol. The molecule has 4 aromatic rings. The van der Waals surface area contributed by atoms with Crippen LogP contribution in [0.4, 0.5) is 5.82 Å². The van der Waals surface area contributed by atoms with Gasteiger partial charge in [-0.25, -0.2) is 9.97 Å². The van der Waals surface area contributed by atoms with Crippen molar-refractivity contribution in [1.82, 2.24) is 15.0 Å². The van der Waals surface area contributed by atoms with Crippen LogP contribution in [0.2, 0.25) is 5.02 Å². The van der Waals surface area contributed by atoms with Gasteiger partial charge in [0.1, 0.15) is 17.4 Å². The van der Waals surface area contributed by atoms with Crippen LogP contribution >= 0.6 is 11.6 Å². The molecule has 2 aromatic carbocycles. The number of rotatable bonds is 5. The Bertz CT molecular complexity index is 979. The number of benzene rings is 2. The molecule has 2 N–H and O–H groups in total. The minimum absolute atomic E-state index is 0.708. The first-order valence-corrected chi connectivity index (χ1v) is 8.39. The molecule has 2 aromatic heterocycles. The average Bonchev–Trinajstić information content (AvgIpc) is 2.98. The lowest BCUT2D eigenvalue weighted by Crippen LogP contribution is -2.05. The van der Waals surface area contributed by atoms with Crippen LogP contribution in [-0.2, 0) is 6.42 Å². The Morgan fingerprint density at radius 3 is 2.79 bits per heavy atom. The quantitative estimate of drug-likeness (QED) is 0.514. The highest BCUT2D eigenvalue weighted by Gasteiger charge is 2.10. The molecule has 0 amide bonds. The third kappa shape index (κ3) is 2.93. The van der Waals surface area contributed by atoms with Crippen molar-refractivity contribution < 1.29 is 0 Å². The average molecular weight is 337 g/mol. The SMILES string of the molecule is Clc1ccc2[nH]c3c(NCCCc4ccccc4)ncnc3c2c1. The summed E-state index contributed by atoms with van der Waals surface area (Å²) in [5, 5.41) is 5.15. The fraction of sp³-hybridized carbons (Fsp3) is 0.158. The molecule has 2 heterocycles. The van der Waals surface area contributed by atoms with Crippen molar-refractivity contribution in [2.75, 3.05) is 11.9 Å². The highest BCUT2D eigenvalue weighted by atomic mass is 35.5.